The highest BCUT2D eigenvalue weighted by molar-refractivity contribution is 5.96. The van der Waals surface area contributed by atoms with Crippen LogP contribution in [-0.4, -0.2) is 0 Å². The number of fused-ring (bicyclic) bond motifs is 2. The third-order valence-electron chi connectivity index (χ3n) is 2.19. The topological polar surface area (TPSA) is 94.6 Å². The highest BCUT2D eigenvalue weighted by Crippen LogP contribution is 2.13. The summed E-state index contributed by atoms with van der Waals surface area (Å²) in [7, 11) is 0. The second-order valence-corrected chi connectivity index (χ2v) is 3.10. The molecule has 0 N–H and O–H groups in total. The Morgan fingerprint density at radius 1 is 0.688 bits per heavy atom. The van der Waals surface area contributed by atoms with Crippen molar-refractivity contribution >= 4 is 21.5 Å². The van der Waals surface area contributed by atoms with Crippen molar-refractivity contribution in [2.45, 2.75) is 0 Å². The zero-order valence-corrected chi connectivity index (χ0v) is 7.45. The molecule has 0 amide bonds. The summed E-state index contributed by atoms with van der Waals surface area (Å²) in [6.45, 7) is 0. The first-order valence-electron chi connectivity index (χ1n) is 5.13. The maximum absolute atomic E-state index is 11.4. The van der Waals surface area contributed by atoms with E-state index in [4.69, 9.17) is 2.74 Å². The molecule has 2 aromatic heterocycles. The fourth-order valence-corrected chi connectivity index (χ4v) is 1.48. The van der Waals surface area contributed by atoms with Gasteiger partial charge in [0.1, 0.15) is 0 Å². The average Bonchev–Trinajstić information content (AvgIpc) is 2.73. The van der Waals surface area contributed by atoms with E-state index in [9.17, 15) is 19.2 Å². The van der Waals surface area contributed by atoms with Gasteiger partial charge in [0.2, 0.25) is 0 Å². The van der Waals surface area contributed by atoms with Crippen LogP contribution in [0.2, 0.25) is 0 Å². The molecule has 0 aliphatic heterocycles. The van der Waals surface area contributed by atoms with Gasteiger partial charge in [-0.05, 0) is 12.1 Å². The summed E-state index contributed by atoms with van der Waals surface area (Å²) in [6, 6.07) is -1.24. The summed E-state index contributed by atoms with van der Waals surface area (Å²) < 4.78 is 23.8. The van der Waals surface area contributed by atoms with Gasteiger partial charge in [-0.3, -0.25) is 0 Å². The van der Waals surface area contributed by atoms with E-state index in [1.807, 2.05) is 0 Å². The van der Waals surface area contributed by atoms with Crippen LogP contribution in [0.4, 0.5) is 0 Å². The third-order valence-corrected chi connectivity index (χ3v) is 2.19. The van der Waals surface area contributed by atoms with Crippen molar-refractivity contribution in [1.82, 2.24) is 0 Å². The van der Waals surface area contributed by atoms with Crippen LogP contribution in [0.3, 0.4) is 0 Å². The fourth-order valence-electron chi connectivity index (χ4n) is 1.48. The molecule has 2 heterocycles. The summed E-state index contributed by atoms with van der Waals surface area (Å²) in [5.74, 6) is 0. The SMILES string of the molecule is [2H]c1c2c(=O)oc(=O)c2c([2H])c2c(=O)oc(=O)c12. The van der Waals surface area contributed by atoms with E-state index in [0.29, 0.717) is 0 Å². The second-order valence-electron chi connectivity index (χ2n) is 3.10. The van der Waals surface area contributed by atoms with Crippen LogP contribution in [-0.2, 0) is 0 Å². The van der Waals surface area contributed by atoms with Gasteiger partial charge in [-0.1, -0.05) is 0 Å². The fraction of sp³-hybridized carbons (Fsp3) is 0. The van der Waals surface area contributed by atoms with Gasteiger partial charge in [0.25, 0.3) is 0 Å². The zero-order valence-electron chi connectivity index (χ0n) is 9.45. The molecule has 0 radical (unpaired) electrons. The Morgan fingerprint density at radius 3 is 1.19 bits per heavy atom. The predicted octanol–water partition coefficient (Wildman–Crippen LogP) is -0.505. The molecule has 3 aromatic rings. The molecule has 6 nitrogen and oxygen atoms in total. The van der Waals surface area contributed by atoms with E-state index in [2.05, 4.69) is 8.83 Å². The standard InChI is InChI=1S/C10H2O6/c11-7-3-1-4-6(10(14)16-8(4)12)2-5(3)9(13)15-7/h1-2H/i1D,2D. The Hall–Kier alpha value is -2.50. The Labute approximate surface area is 87.8 Å². The Kier molecular flexibility index (Phi) is 1.09. The first-order valence-corrected chi connectivity index (χ1v) is 4.13. The summed E-state index contributed by atoms with van der Waals surface area (Å²) in [5.41, 5.74) is -4.43. The summed E-state index contributed by atoms with van der Waals surface area (Å²) in [5, 5.41) is -1.91. The summed E-state index contributed by atoms with van der Waals surface area (Å²) >= 11 is 0. The van der Waals surface area contributed by atoms with Crippen molar-refractivity contribution in [2.24, 2.45) is 0 Å². The van der Waals surface area contributed by atoms with E-state index < -0.39 is 56.1 Å². The minimum Gasteiger partial charge on any atom is -0.386 e. The molecule has 0 aliphatic rings. The first-order chi connectivity index (χ1) is 8.43. The van der Waals surface area contributed by atoms with Gasteiger partial charge >= 0.3 is 22.5 Å². The highest BCUT2D eigenvalue weighted by atomic mass is 16.4. The Bertz CT molecular complexity index is 857. The largest absolute Gasteiger partial charge is 0.386 e. The second kappa shape index (κ2) is 2.54. The zero-order chi connectivity index (χ0) is 13.2. The molecule has 0 atom stereocenters. The van der Waals surface area contributed by atoms with Crippen LogP contribution in [0.5, 0.6) is 0 Å². The molecule has 1 aromatic carbocycles. The number of hydrogen-bond donors (Lipinski definition) is 0. The number of benzene rings is 1. The van der Waals surface area contributed by atoms with Crippen LogP contribution >= 0.6 is 0 Å². The van der Waals surface area contributed by atoms with Crippen LogP contribution in [0.25, 0.3) is 21.5 Å². The molecule has 0 fully saturated rings. The highest BCUT2D eigenvalue weighted by Gasteiger charge is 2.15. The van der Waals surface area contributed by atoms with Crippen molar-refractivity contribution in [2.75, 3.05) is 0 Å². The van der Waals surface area contributed by atoms with Crippen molar-refractivity contribution < 1.29 is 11.6 Å². The summed E-state index contributed by atoms with van der Waals surface area (Å²) in [4.78, 5) is 45.4. The average molecular weight is 220 g/mol. The minimum atomic E-state index is -1.11. The van der Waals surface area contributed by atoms with Gasteiger partial charge in [-0.15, -0.1) is 0 Å². The first kappa shape index (κ1) is 6.89. The smallest absolute Gasteiger partial charge is 0.346 e. The molecule has 78 valence electrons. The summed E-state index contributed by atoms with van der Waals surface area (Å²) in [6.07, 6.45) is 0. The van der Waals surface area contributed by atoms with Crippen molar-refractivity contribution in [3.63, 3.8) is 0 Å². The van der Waals surface area contributed by atoms with Crippen LogP contribution in [0.1, 0.15) is 2.74 Å². The van der Waals surface area contributed by atoms with Gasteiger partial charge in [-0.2, -0.15) is 0 Å². The molecule has 0 aliphatic carbocycles. The van der Waals surface area contributed by atoms with Gasteiger partial charge in [-0.25, -0.2) is 19.2 Å². The minimum absolute atomic E-state index is 0.476. The van der Waals surface area contributed by atoms with Crippen molar-refractivity contribution in [3.05, 3.63) is 53.8 Å². The maximum atomic E-state index is 11.4. The Balaban J connectivity index is 2.94. The Morgan fingerprint density at radius 2 is 0.938 bits per heavy atom. The molecular formula is C10H2O6. The number of furan rings is 2. The van der Waals surface area contributed by atoms with Crippen LogP contribution in [0.15, 0.2) is 40.1 Å². The van der Waals surface area contributed by atoms with Gasteiger partial charge in [0.05, 0.1) is 24.3 Å². The molecule has 0 bridgehead atoms. The predicted molar refractivity (Wildman–Crippen MR) is 53.4 cm³/mol. The third kappa shape index (κ3) is 0.902. The van der Waals surface area contributed by atoms with E-state index in [1.54, 1.807) is 0 Å². The van der Waals surface area contributed by atoms with Gasteiger partial charge in [0.15, 0.2) is 0 Å². The molecule has 0 saturated heterocycles. The van der Waals surface area contributed by atoms with E-state index in [0.717, 1.165) is 0 Å². The maximum Gasteiger partial charge on any atom is 0.346 e. The quantitative estimate of drug-likeness (QED) is 0.506. The molecule has 0 spiro atoms. The molecule has 6 heteroatoms. The van der Waals surface area contributed by atoms with E-state index in [-0.39, 0.29) is 0 Å². The molecule has 16 heavy (non-hydrogen) atoms. The lowest BCUT2D eigenvalue weighted by Gasteiger charge is -1.84. The molecule has 0 saturated carbocycles. The van der Waals surface area contributed by atoms with E-state index in [1.165, 1.54) is 0 Å². The lowest BCUT2D eigenvalue weighted by atomic mass is 10.1. The number of rotatable bonds is 0. The molecular weight excluding hydrogens is 216 g/mol. The van der Waals surface area contributed by atoms with Crippen molar-refractivity contribution in [3.8, 4) is 0 Å². The lowest BCUT2D eigenvalue weighted by Crippen LogP contribution is -1.96. The van der Waals surface area contributed by atoms with Gasteiger partial charge in [0, 0.05) is 0 Å². The van der Waals surface area contributed by atoms with Gasteiger partial charge < -0.3 is 8.83 Å². The number of hydrogen-bond acceptors (Lipinski definition) is 6. The van der Waals surface area contributed by atoms with Crippen LogP contribution < -0.4 is 22.5 Å². The molecule has 3 rings (SSSR count). The van der Waals surface area contributed by atoms with Crippen LogP contribution in [0, 0.1) is 0 Å². The monoisotopic (exact) mass is 220 g/mol. The molecule has 0 unspecified atom stereocenters. The van der Waals surface area contributed by atoms with E-state index >= 15 is 0 Å². The lowest BCUT2D eigenvalue weighted by molar-refractivity contribution is 0.498. The normalized spacial score (nSPS) is 13.2. The van der Waals surface area contributed by atoms with Crippen molar-refractivity contribution in [1.29, 1.82) is 0 Å².